The van der Waals surface area contributed by atoms with Crippen LogP contribution in [0.15, 0.2) is 36.4 Å². The highest BCUT2D eigenvalue weighted by atomic mass is 16.2. The predicted molar refractivity (Wildman–Crippen MR) is 118 cm³/mol. The summed E-state index contributed by atoms with van der Waals surface area (Å²) in [6, 6.07) is 12.4. The van der Waals surface area contributed by atoms with Gasteiger partial charge in [-0.25, -0.2) is 9.48 Å². The van der Waals surface area contributed by atoms with Gasteiger partial charge in [-0.1, -0.05) is 51.1 Å². The van der Waals surface area contributed by atoms with Crippen LogP contribution in [-0.2, 0) is 17.5 Å². The van der Waals surface area contributed by atoms with Crippen molar-refractivity contribution in [3.63, 3.8) is 0 Å². The van der Waals surface area contributed by atoms with Gasteiger partial charge in [0.05, 0.1) is 11.2 Å². The van der Waals surface area contributed by atoms with Crippen LogP contribution >= 0.6 is 0 Å². The van der Waals surface area contributed by atoms with Crippen molar-refractivity contribution < 1.29 is 4.79 Å². The van der Waals surface area contributed by atoms with E-state index in [9.17, 15) is 4.79 Å². The molecule has 158 valence electrons. The molecule has 2 N–H and O–H groups in total. The smallest absolute Gasteiger partial charge is 0.320 e. The summed E-state index contributed by atoms with van der Waals surface area (Å²) in [6.07, 6.45) is 0.964. The summed E-state index contributed by atoms with van der Waals surface area (Å²) >= 11 is 0. The van der Waals surface area contributed by atoms with Crippen LogP contribution < -0.4 is 10.6 Å². The summed E-state index contributed by atoms with van der Waals surface area (Å²) in [4.78, 5) is 15.1. The van der Waals surface area contributed by atoms with E-state index in [0.29, 0.717) is 0 Å². The number of likely N-dealkylation sites (tertiary alicyclic amines) is 1. The Kier molecular flexibility index (Phi) is 6.03. The average Bonchev–Trinajstić information content (AvgIpc) is 3.22. The zero-order chi connectivity index (χ0) is 21.2. The number of aromatic nitrogens is 2. The van der Waals surface area contributed by atoms with E-state index in [0.717, 1.165) is 37.6 Å². The van der Waals surface area contributed by atoms with E-state index in [4.69, 9.17) is 5.10 Å². The number of rotatable bonds is 4. The molecule has 1 aliphatic heterocycles. The van der Waals surface area contributed by atoms with Crippen LogP contribution in [0.1, 0.15) is 59.2 Å². The van der Waals surface area contributed by atoms with E-state index < -0.39 is 0 Å². The molecule has 29 heavy (non-hydrogen) atoms. The lowest BCUT2D eigenvalue weighted by atomic mass is 9.92. The Morgan fingerprint density at radius 3 is 2.45 bits per heavy atom. The van der Waals surface area contributed by atoms with Gasteiger partial charge in [-0.2, -0.15) is 5.10 Å². The second kappa shape index (κ2) is 8.19. The van der Waals surface area contributed by atoms with Crippen molar-refractivity contribution in [3.05, 3.63) is 47.7 Å². The fraction of sp³-hybridized carbons (Fsp3) is 0.565. The number of hydrogen-bond acceptors (Lipinski definition) is 3. The zero-order valence-corrected chi connectivity index (χ0v) is 18.6. The van der Waals surface area contributed by atoms with Crippen molar-refractivity contribution in [3.8, 4) is 0 Å². The van der Waals surface area contributed by atoms with E-state index in [2.05, 4.69) is 81.3 Å². The molecule has 1 unspecified atom stereocenters. The minimum atomic E-state index is -0.216. The Bertz CT molecular complexity index is 829. The molecule has 1 aliphatic rings. The molecule has 1 saturated heterocycles. The van der Waals surface area contributed by atoms with Gasteiger partial charge in [0.1, 0.15) is 5.82 Å². The predicted octanol–water partition coefficient (Wildman–Crippen LogP) is 4.33. The highest BCUT2D eigenvalue weighted by molar-refractivity contribution is 5.88. The molecular weight excluding hydrogens is 362 g/mol. The highest BCUT2D eigenvalue weighted by Gasteiger charge is 2.27. The molecule has 0 bridgehead atoms. The van der Waals surface area contributed by atoms with Gasteiger partial charge in [0.2, 0.25) is 0 Å². The molecule has 3 rings (SSSR count). The molecule has 1 atom stereocenters. The summed E-state index contributed by atoms with van der Waals surface area (Å²) < 4.78 is 1.91. The summed E-state index contributed by atoms with van der Waals surface area (Å²) in [5.41, 5.74) is 1.98. The Morgan fingerprint density at radius 2 is 1.83 bits per heavy atom. The number of amides is 2. The molecule has 2 heterocycles. The number of nitrogens with zero attached hydrogens (tertiary/aromatic N) is 3. The van der Waals surface area contributed by atoms with E-state index in [-0.39, 0.29) is 23.0 Å². The van der Waals surface area contributed by atoms with Crippen LogP contribution in [0.4, 0.5) is 10.6 Å². The van der Waals surface area contributed by atoms with Gasteiger partial charge >= 0.3 is 6.03 Å². The normalized spacial score (nSPS) is 18.1. The van der Waals surface area contributed by atoms with Gasteiger partial charge in [-0.3, -0.25) is 10.2 Å². The molecule has 0 saturated carbocycles. The monoisotopic (exact) mass is 397 g/mol. The Labute approximate surface area is 174 Å². The number of nitrogens with one attached hydrogen (secondary N) is 2. The molecule has 2 amide bonds. The fourth-order valence-corrected chi connectivity index (χ4v) is 3.62. The first kappa shape index (κ1) is 21.4. The number of benzene rings is 1. The van der Waals surface area contributed by atoms with Crippen LogP contribution in [0.5, 0.6) is 0 Å². The standard InChI is InChI=1S/C23H35N5O/c1-22(2,3)19-14-20(28(26-19)23(4,5)6)25-21(29)24-18-12-13-27(16-18)15-17-10-8-7-9-11-17/h7-11,14,18H,12-13,15-16H2,1-6H3,(H2,24,25,29). The maximum absolute atomic E-state index is 12.7. The molecule has 0 radical (unpaired) electrons. The molecule has 1 aromatic carbocycles. The summed E-state index contributed by atoms with van der Waals surface area (Å²) in [5, 5.41) is 10.9. The molecule has 0 aliphatic carbocycles. The third kappa shape index (κ3) is 5.60. The topological polar surface area (TPSA) is 62.2 Å². The molecule has 6 heteroatoms. The molecule has 6 nitrogen and oxygen atoms in total. The highest BCUT2D eigenvalue weighted by Crippen LogP contribution is 2.28. The maximum atomic E-state index is 12.7. The van der Waals surface area contributed by atoms with Crippen LogP contribution in [0.25, 0.3) is 0 Å². The van der Waals surface area contributed by atoms with Gasteiger partial charge in [-0.15, -0.1) is 0 Å². The largest absolute Gasteiger partial charge is 0.334 e. The van der Waals surface area contributed by atoms with Gasteiger partial charge in [-0.05, 0) is 32.8 Å². The Hall–Kier alpha value is -2.34. The van der Waals surface area contributed by atoms with E-state index >= 15 is 0 Å². The second-order valence-corrected chi connectivity index (χ2v) is 10.1. The number of carbonyl (C=O) groups excluding carboxylic acids is 1. The summed E-state index contributed by atoms with van der Waals surface area (Å²) in [6.45, 7) is 15.5. The Balaban J connectivity index is 1.60. The third-order valence-corrected chi connectivity index (χ3v) is 5.21. The van der Waals surface area contributed by atoms with Crippen molar-refractivity contribution in [1.82, 2.24) is 20.0 Å². The first-order valence-electron chi connectivity index (χ1n) is 10.5. The van der Waals surface area contributed by atoms with E-state index in [1.807, 2.05) is 16.8 Å². The van der Waals surface area contributed by atoms with Crippen molar-refractivity contribution in [2.45, 2.75) is 71.5 Å². The van der Waals surface area contributed by atoms with Gasteiger partial charge in [0.25, 0.3) is 0 Å². The third-order valence-electron chi connectivity index (χ3n) is 5.21. The van der Waals surface area contributed by atoms with Crippen molar-refractivity contribution in [2.24, 2.45) is 0 Å². The minimum absolute atomic E-state index is 0.0766. The number of urea groups is 1. The van der Waals surface area contributed by atoms with Crippen LogP contribution in [0.3, 0.4) is 0 Å². The zero-order valence-electron chi connectivity index (χ0n) is 18.6. The summed E-state index contributed by atoms with van der Waals surface area (Å²) in [7, 11) is 0. The average molecular weight is 398 g/mol. The first-order chi connectivity index (χ1) is 13.5. The van der Waals surface area contributed by atoms with E-state index in [1.54, 1.807) is 0 Å². The molecule has 1 aromatic heterocycles. The van der Waals surface area contributed by atoms with Crippen LogP contribution in [0.2, 0.25) is 0 Å². The lowest BCUT2D eigenvalue weighted by Gasteiger charge is -2.23. The maximum Gasteiger partial charge on any atom is 0.320 e. The van der Waals surface area contributed by atoms with E-state index in [1.165, 1.54) is 5.56 Å². The molecular formula is C23H35N5O. The molecule has 1 fully saturated rings. The van der Waals surface area contributed by atoms with Gasteiger partial charge < -0.3 is 5.32 Å². The molecule has 2 aromatic rings. The van der Waals surface area contributed by atoms with Gasteiger partial charge in [0, 0.05) is 37.2 Å². The molecule has 0 spiro atoms. The Morgan fingerprint density at radius 1 is 1.14 bits per heavy atom. The SMILES string of the molecule is CC(C)(C)c1cc(NC(=O)NC2CCN(Cc3ccccc3)C2)n(C(C)(C)C)n1. The fourth-order valence-electron chi connectivity index (χ4n) is 3.62. The second-order valence-electron chi connectivity index (χ2n) is 10.1. The minimum Gasteiger partial charge on any atom is -0.334 e. The quantitative estimate of drug-likeness (QED) is 0.807. The number of carbonyl (C=O) groups is 1. The van der Waals surface area contributed by atoms with Crippen molar-refractivity contribution >= 4 is 11.8 Å². The van der Waals surface area contributed by atoms with Crippen molar-refractivity contribution in [1.29, 1.82) is 0 Å². The number of hydrogen-bond donors (Lipinski definition) is 2. The first-order valence-corrected chi connectivity index (χ1v) is 10.5. The van der Waals surface area contributed by atoms with Gasteiger partial charge in [0.15, 0.2) is 0 Å². The van der Waals surface area contributed by atoms with Crippen molar-refractivity contribution in [2.75, 3.05) is 18.4 Å². The van der Waals surface area contributed by atoms with Crippen LogP contribution in [-0.4, -0.2) is 39.8 Å². The lowest BCUT2D eigenvalue weighted by molar-refractivity contribution is 0.247. The van der Waals surface area contributed by atoms with Crippen LogP contribution in [0, 0.1) is 0 Å². The summed E-state index contributed by atoms with van der Waals surface area (Å²) in [5.74, 6) is 0.735. The lowest BCUT2D eigenvalue weighted by Crippen LogP contribution is -2.40. The number of anilines is 1.